The number of hydrogen-bond donors (Lipinski definition) is 0. The maximum atomic E-state index is 11.4. The first-order valence-corrected chi connectivity index (χ1v) is 8.04. The lowest BCUT2D eigenvalue weighted by atomic mass is 10.1. The van der Waals surface area contributed by atoms with Gasteiger partial charge in [0.05, 0.1) is 24.4 Å². The van der Waals surface area contributed by atoms with Crippen molar-refractivity contribution >= 4 is 17.6 Å². The van der Waals surface area contributed by atoms with Crippen molar-refractivity contribution in [3.63, 3.8) is 0 Å². The van der Waals surface area contributed by atoms with E-state index >= 15 is 0 Å². The normalized spacial score (nSPS) is 14.6. The summed E-state index contributed by atoms with van der Waals surface area (Å²) < 4.78 is 5.30. The number of nitrogens with zero attached hydrogens (tertiary/aromatic N) is 3. The minimum atomic E-state index is -0.368. The summed E-state index contributed by atoms with van der Waals surface area (Å²) in [5, 5.41) is 15.3. The first-order chi connectivity index (χ1) is 12.2. The van der Waals surface area contributed by atoms with Gasteiger partial charge in [-0.15, -0.1) is 0 Å². The van der Waals surface area contributed by atoms with Crippen molar-refractivity contribution < 1.29 is 14.5 Å². The van der Waals surface area contributed by atoms with Gasteiger partial charge in [0.1, 0.15) is 12.3 Å². The third-order valence-corrected chi connectivity index (χ3v) is 3.90. The number of nitro benzene ring substituents is 1. The molecule has 0 aromatic heterocycles. The van der Waals surface area contributed by atoms with Crippen LogP contribution in [0.15, 0.2) is 53.7 Å². The average molecular weight is 341 g/mol. The lowest BCUT2D eigenvalue weighted by molar-refractivity contribution is -0.384. The van der Waals surface area contributed by atoms with Gasteiger partial charge in [0.2, 0.25) is 0 Å². The molecule has 7 heteroatoms. The van der Waals surface area contributed by atoms with Crippen molar-refractivity contribution in [3.8, 4) is 0 Å². The van der Waals surface area contributed by atoms with Crippen LogP contribution in [-0.2, 0) is 16.2 Å². The Morgan fingerprint density at radius 1 is 1.20 bits per heavy atom. The van der Waals surface area contributed by atoms with Crippen LogP contribution in [-0.4, -0.2) is 37.4 Å². The fraction of sp³-hybridized carbons (Fsp3) is 0.278. The van der Waals surface area contributed by atoms with Crippen LogP contribution in [0.3, 0.4) is 0 Å². The minimum Gasteiger partial charge on any atom is -0.391 e. The third kappa shape index (κ3) is 4.54. The Hall–Kier alpha value is -2.93. The van der Waals surface area contributed by atoms with Crippen molar-refractivity contribution in [3.05, 3.63) is 69.8 Å². The quantitative estimate of drug-likeness (QED) is 0.458. The molecule has 2 aromatic carbocycles. The van der Waals surface area contributed by atoms with Crippen molar-refractivity contribution in [1.82, 2.24) is 0 Å². The van der Waals surface area contributed by atoms with Gasteiger partial charge < -0.3 is 14.5 Å². The summed E-state index contributed by atoms with van der Waals surface area (Å²) in [6.07, 6.45) is 1.49. The Bertz CT molecular complexity index is 743. The van der Waals surface area contributed by atoms with Crippen LogP contribution in [0.2, 0.25) is 0 Å². The highest BCUT2D eigenvalue weighted by Crippen LogP contribution is 2.29. The lowest BCUT2D eigenvalue weighted by Crippen LogP contribution is -2.36. The van der Waals surface area contributed by atoms with Gasteiger partial charge in [0.15, 0.2) is 0 Å². The van der Waals surface area contributed by atoms with Gasteiger partial charge in [-0.05, 0) is 11.6 Å². The molecule has 0 unspecified atom stereocenters. The molecule has 1 aliphatic heterocycles. The Morgan fingerprint density at radius 3 is 2.68 bits per heavy atom. The van der Waals surface area contributed by atoms with E-state index in [1.165, 1.54) is 12.3 Å². The summed E-state index contributed by atoms with van der Waals surface area (Å²) in [5.41, 5.74) is 2.30. The molecular formula is C18H19N3O4. The van der Waals surface area contributed by atoms with Crippen molar-refractivity contribution in [1.29, 1.82) is 0 Å². The van der Waals surface area contributed by atoms with Gasteiger partial charge in [0.25, 0.3) is 5.69 Å². The summed E-state index contributed by atoms with van der Waals surface area (Å²) in [6, 6.07) is 14.7. The van der Waals surface area contributed by atoms with Crippen LogP contribution in [0.1, 0.15) is 11.1 Å². The molecule has 3 rings (SSSR count). The molecule has 1 aliphatic rings. The number of morpholine rings is 1. The lowest BCUT2D eigenvalue weighted by Gasteiger charge is -2.28. The molecule has 1 fully saturated rings. The number of ether oxygens (including phenoxy) is 1. The number of hydrogen-bond acceptors (Lipinski definition) is 6. The number of nitro groups is 1. The zero-order valence-electron chi connectivity index (χ0n) is 13.7. The largest absolute Gasteiger partial charge is 0.391 e. The van der Waals surface area contributed by atoms with Crippen LogP contribution in [0, 0.1) is 10.1 Å². The summed E-state index contributed by atoms with van der Waals surface area (Å²) in [6.45, 7) is 2.80. The third-order valence-electron chi connectivity index (χ3n) is 3.90. The van der Waals surface area contributed by atoms with E-state index < -0.39 is 0 Å². The maximum Gasteiger partial charge on any atom is 0.293 e. The van der Waals surface area contributed by atoms with E-state index in [-0.39, 0.29) is 10.6 Å². The summed E-state index contributed by atoms with van der Waals surface area (Å²) >= 11 is 0. The minimum absolute atomic E-state index is 0.0638. The molecule has 0 spiro atoms. The Balaban J connectivity index is 1.68. The zero-order chi connectivity index (χ0) is 17.5. The number of oxime groups is 1. The van der Waals surface area contributed by atoms with Crippen LogP contribution < -0.4 is 4.90 Å². The monoisotopic (exact) mass is 341 g/mol. The molecule has 0 aliphatic carbocycles. The highest BCUT2D eigenvalue weighted by atomic mass is 16.6. The Kier molecular flexibility index (Phi) is 5.58. The van der Waals surface area contributed by atoms with Crippen LogP contribution >= 0.6 is 0 Å². The van der Waals surface area contributed by atoms with Crippen molar-refractivity contribution in [2.24, 2.45) is 5.16 Å². The molecule has 0 amide bonds. The van der Waals surface area contributed by atoms with E-state index in [2.05, 4.69) is 5.16 Å². The summed E-state index contributed by atoms with van der Waals surface area (Å²) in [5.74, 6) is 0. The van der Waals surface area contributed by atoms with E-state index in [0.29, 0.717) is 44.2 Å². The molecule has 1 saturated heterocycles. The van der Waals surface area contributed by atoms with Crippen LogP contribution in [0.4, 0.5) is 11.4 Å². The number of rotatable bonds is 6. The predicted octanol–water partition coefficient (Wildman–Crippen LogP) is 2.98. The Labute approximate surface area is 145 Å². The smallest absolute Gasteiger partial charge is 0.293 e. The highest BCUT2D eigenvalue weighted by Gasteiger charge is 2.21. The molecule has 0 radical (unpaired) electrons. The van der Waals surface area contributed by atoms with E-state index in [9.17, 15) is 10.1 Å². The first kappa shape index (κ1) is 16.9. The van der Waals surface area contributed by atoms with Gasteiger partial charge in [-0.1, -0.05) is 41.6 Å². The van der Waals surface area contributed by atoms with Gasteiger partial charge in [0, 0.05) is 24.7 Å². The molecule has 0 N–H and O–H groups in total. The molecule has 25 heavy (non-hydrogen) atoms. The number of anilines is 1. The van der Waals surface area contributed by atoms with Crippen molar-refractivity contribution in [2.75, 3.05) is 31.2 Å². The SMILES string of the molecule is O=[N+]([O-])c1cc(/C=N/OCc2ccccc2)ccc1N1CCOCC1. The molecular weight excluding hydrogens is 322 g/mol. The van der Waals surface area contributed by atoms with Gasteiger partial charge in [-0.3, -0.25) is 10.1 Å². The topological polar surface area (TPSA) is 77.2 Å². The zero-order valence-corrected chi connectivity index (χ0v) is 13.7. The molecule has 0 bridgehead atoms. The second kappa shape index (κ2) is 8.25. The molecule has 2 aromatic rings. The molecule has 7 nitrogen and oxygen atoms in total. The molecule has 1 heterocycles. The molecule has 130 valence electrons. The van der Waals surface area contributed by atoms with Crippen LogP contribution in [0.25, 0.3) is 0 Å². The first-order valence-electron chi connectivity index (χ1n) is 8.04. The summed E-state index contributed by atoms with van der Waals surface area (Å²) in [4.78, 5) is 18.2. The fourth-order valence-corrected chi connectivity index (χ4v) is 2.62. The van der Waals surface area contributed by atoms with Gasteiger partial charge >= 0.3 is 0 Å². The van der Waals surface area contributed by atoms with Gasteiger partial charge in [-0.25, -0.2) is 0 Å². The van der Waals surface area contributed by atoms with Gasteiger partial charge in [-0.2, -0.15) is 0 Å². The Morgan fingerprint density at radius 2 is 1.96 bits per heavy atom. The molecule has 0 atom stereocenters. The summed E-state index contributed by atoms with van der Waals surface area (Å²) in [7, 11) is 0. The van der Waals surface area contributed by atoms with E-state index in [1.54, 1.807) is 12.1 Å². The standard InChI is InChI=1S/C18H19N3O4/c22-21(23)18-12-16(6-7-17(18)20-8-10-24-11-9-20)13-19-25-14-15-4-2-1-3-5-15/h1-7,12-13H,8-11,14H2/b19-13+. The van der Waals surface area contributed by atoms with E-state index in [0.717, 1.165) is 5.56 Å². The predicted molar refractivity (Wildman–Crippen MR) is 95.0 cm³/mol. The average Bonchev–Trinajstić information content (AvgIpc) is 2.66. The maximum absolute atomic E-state index is 11.4. The van der Waals surface area contributed by atoms with Crippen LogP contribution in [0.5, 0.6) is 0 Å². The molecule has 0 saturated carbocycles. The second-order valence-corrected chi connectivity index (χ2v) is 5.60. The highest BCUT2D eigenvalue weighted by molar-refractivity contribution is 5.82. The van der Waals surface area contributed by atoms with E-state index in [4.69, 9.17) is 9.57 Å². The van der Waals surface area contributed by atoms with E-state index in [1.807, 2.05) is 35.2 Å². The van der Waals surface area contributed by atoms with Crippen molar-refractivity contribution in [2.45, 2.75) is 6.61 Å². The second-order valence-electron chi connectivity index (χ2n) is 5.60. The fourth-order valence-electron chi connectivity index (χ4n) is 2.62. The number of benzene rings is 2.